The van der Waals surface area contributed by atoms with Crippen LogP contribution in [0.5, 0.6) is 0 Å². The molecule has 0 saturated heterocycles. The topological polar surface area (TPSA) is 12.0 Å². The molecule has 0 aliphatic carbocycles. The lowest BCUT2D eigenvalue weighted by Crippen LogP contribution is -2.23. The molecular formula is C17H19ClFN. The van der Waals surface area contributed by atoms with Gasteiger partial charge < -0.3 is 5.32 Å². The smallest absolute Gasteiger partial charge is 0.141 e. The number of hydrogen-bond donors (Lipinski definition) is 1. The van der Waals surface area contributed by atoms with E-state index in [0.717, 1.165) is 24.1 Å². The summed E-state index contributed by atoms with van der Waals surface area (Å²) >= 11 is 5.90. The molecular weight excluding hydrogens is 273 g/mol. The summed E-state index contributed by atoms with van der Waals surface area (Å²) in [7, 11) is 0. The fraction of sp³-hybridized carbons (Fsp3) is 0.294. The van der Waals surface area contributed by atoms with Gasteiger partial charge in [0.2, 0.25) is 0 Å². The number of benzene rings is 2. The van der Waals surface area contributed by atoms with Crippen LogP contribution in [-0.2, 0) is 0 Å². The van der Waals surface area contributed by atoms with E-state index >= 15 is 0 Å². The van der Waals surface area contributed by atoms with Crippen LogP contribution in [0.4, 0.5) is 4.39 Å². The molecule has 1 N–H and O–H groups in total. The van der Waals surface area contributed by atoms with E-state index in [-0.39, 0.29) is 16.9 Å². The van der Waals surface area contributed by atoms with Crippen molar-refractivity contribution >= 4 is 11.6 Å². The third-order valence-electron chi connectivity index (χ3n) is 3.29. The Morgan fingerprint density at radius 1 is 1.10 bits per heavy atom. The minimum atomic E-state index is -0.381. The third kappa shape index (κ3) is 3.59. The Balaban J connectivity index is 2.35. The van der Waals surface area contributed by atoms with Gasteiger partial charge in [0, 0.05) is 0 Å². The second-order valence-electron chi connectivity index (χ2n) is 4.97. The summed E-state index contributed by atoms with van der Waals surface area (Å²) in [5.41, 5.74) is 3.36. The summed E-state index contributed by atoms with van der Waals surface area (Å²) in [6.07, 6.45) is 1.04. The second-order valence-corrected chi connectivity index (χ2v) is 5.38. The minimum Gasteiger partial charge on any atom is -0.306 e. The number of hydrogen-bond acceptors (Lipinski definition) is 1. The van der Waals surface area contributed by atoms with Crippen LogP contribution in [-0.4, -0.2) is 6.54 Å². The largest absolute Gasteiger partial charge is 0.306 e. The normalized spacial score (nSPS) is 12.4. The average Bonchev–Trinajstić information content (AvgIpc) is 2.45. The molecule has 0 saturated carbocycles. The molecule has 0 spiro atoms. The van der Waals surface area contributed by atoms with E-state index in [1.54, 1.807) is 12.1 Å². The van der Waals surface area contributed by atoms with Crippen LogP contribution in [0.15, 0.2) is 42.5 Å². The van der Waals surface area contributed by atoms with Gasteiger partial charge in [0.25, 0.3) is 0 Å². The van der Waals surface area contributed by atoms with Crippen molar-refractivity contribution in [3.63, 3.8) is 0 Å². The van der Waals surface area contributed by atoms with E-state index in [1.807, 2.05) is 0 Å². The molecule has 1 unspecified atom stereocenters. The van der Waals surface area contributed by atoms with E-state index in [1.165, 1.54) is 11.6 Å². The van der Waals surface area contributed by atoms with Crippen molar-refractivity contribution in [2.24, 2.45) is 0 Å². The van der Waals surface area contributed by atoms with Gasteiger partial charge in [0.1, 0.15) is 5.82 Å². The first-order valence-corrected chi connectivity index (χ1v) is 7.24. The fourth-order valence-electron chi connectivity index (χ4n) is 2.17. The zero-order valence-electron chi connectivity index (χ0n) is 11.8. The van der Waals surface area contributed by atoms with Gasteiger partial charge in [-0.3, -0.25) is 0 Å². The zero-order valence-corrected chi connectivity index (χ0v) is 12.5. The Morgan fingerprint density at radius 3 is 2.35 bits per heavy atom. The highest BCUT2D eigenvalue weighted by Crippen LogP contribution is 2.26. The summed E-state index contributed by atoms with van der Waals surface area (Å²) in [4.78, 5) is 0. The highest BCUT2D eigenvalue weighted by Gasteiger charge is 2.14. The molecule has 0 heterocycles. The minimum absolute atomic E-state index is 0.0358. The molecule has 0 bridgehead atoms. The van der Waals surface area contributed by atoms with Crippen molar-refractivity contribution in [1.29, 1.82) is 0 Å². The molecule has 0 aliphatic rings. The molecule has 2 rings (SSSR count). The lowest BCUT2D eigenvalue weighted by molar-refractivity contribution is 0.593. The first-order valence-electron chi connectivity index (χ1n) is 6.86. The fourth-order valence-corrected chi connectivity index (χ4v) is 2.36. The average molecular weight is 292 g/mol. The monoisotopic (exact) mass is 291 g/mol. The summed E-state index contributed by atoms with van der Waals surface area (Å²) < 4.78 is 13.3. The number of nitrogens with one attached hydrogen (secondary N) is 1. The Labute approximate surface area is 124 Å². The van der Waals surface area contributed by atoms with Gasteiger partial charge in [-0.25, -0.2) is 4.39 Å². The highest BCUT2D eigenvalue weighted by atomic mass is 35.5. The Kier molecular flexibility index (Phi) is 5.16. The maximum absolute atomic E-state index is 13.3. The van der Waals surface area contributed by atoms with Crippen LogP contribution in [0.1, 0.15) is 36.1 Å². The number of aryl methyl sites for hydroxylation is 1. The third-order valence-corrected chi connectivity index (χ3v) is 3.58. The quantitative estimate of drug-likeness (QED) is 0.828. The van der Waals surface area contributed by atoms with Gasteiger partial charge >= 0.3 is 0 Å². The van der Waals surface area contributed by atoms with E-state index in [0.29, 0.717) is 0 Å². The number of rotatable bonds is 5. The van der Waals surface area contributed by atoms with E-state index in [4.69, 9.17) is 11.6 Å². The molecule has 0 aromatic heterocycles. The molecule has 1 atom stereocenters. The summed E-state index contributed by atoms with van der Waals surface area (Å²) in [5.74, 6) is -0.381. The van der Waals surface area contributed by atoms with Crippen molar-refractivity contribution in [2.75, 3.05) is 6.54 Å². The molecule has 0 fully saturated rings. The molecule has 0 aliphatic heterocycles. The Morgan fingerprint density at radius 2 is 1.75 bits per heavy atom. The van der Waals surface area contributed by atoms with Crippen molar-refractivity contribution in [3.05, 3.63) is 70.0 Å². The van der Waals surface area contributed by atoms with Crippen molar-refractivity contribution in [2.45, 2.75) is 26.3 Å². The number of halogens is 2. The summed E-state index contributed by atoms with van der Waals surface area (Å²) in [6, 6.07) is 13.3. The summed E-state index contributed by atoms with van der Waals surface area (Å²) in [5, 5.41) is 3.65. The van der Waals surface area contributed by atoms with Crippen LogP contribution in [0.25, 0.3) is 0 Å². The van der Waals surface area contributed by atoms with Crippen LogP contribution >= 0.6 is 11.6 Å². The van der Waals surface area contributed by atoms with Gasteiger partial charge in [-0.05, 0) is 43.1 Å². The standard InChI is InChI=1S/C17H19ClFN/c1-3-10-20-17(13-6-4-12(2)5-7-13)14-8-9-16(19)15(18)11-14/h4-9,11,17,20H,3,10H2,1-2H3. The lowest BCUT2D eigenvalue weighted by atomic mass is 9.97. The Bertz CT molecular complexity index is 566. The first-order chi connectivity index (χ1) is 9.61. The molecule has 1 nitrogen and oxygen atoms in total. The van der Waals surface area contributed by atoms with Gasteiger partial charge in [0.15, 0.2) is 0 Å². The van der Waals surface area contributed by atoms with Crippen molar-refractivity contribution < 1.29 is 4.39 Å². The molecule has 0 amide bonds. The predicted molar refractivity (Wildman–Crippen MR) is 82.7 cm³/mol. The van der Waals surface area contributed by atoms with Gasteiger partial charge in [-0.1, -0.05) is 54.4 Å². The van der Waals surface area contributed by atoms with Crippen molar-refractivity contribution in [3.8, 4) is 0 Å². The van der Waals surface area contributed by atoms with Crippen molar-refractivity contribution in [1.82, 2.24) is 5.32 Å². The van der Waals surface area contributed by atoms with Gasteiger partial charge in [-0.15, -0.1) is 0 Å². The maximum Gasteiger partial charge on any atom is 0.141 e. The van der Waals surface area contributed by atoms with Crippen LogP contribution in [0, 0.1) is 12.7 Å². The molecule has 3 heteroatoms. The van der Waals surface area contributed by atoms with E-state index in [2.05, 4.69) is 43.4 Å². The lowest BCUT2D eigenvalue weighted by Gasteiger charge is -2.20. The molecule has 0 radical (unpaired) electrons. The molecule has 20 heavy (non-hydrogen) atoms. The van der Waals surface area contributed by atoms with E-state index < -0.39 is 0 Å². The molecule has 2 aromatic rings. The summed E-state index contributed by atoms with van der Waals surface area (Å²) in [6.45, 7) is 5.08. The Hall–Kier alpha value is -1.38. The van der Waals surface area contributed by atoms with Gasteiger partial charge in [0.05, 0.1) is 11.1 Å². The first kappa shape index (κ1) is 15.0. The SMILES string of the molecule is CCCNC(c1ccc(C)cc1)c1ccc(F)c(Cl)c1. The predicted octanol–water partition coefficient (Wildman–Crippen LogP) is 4.88. The second kappa shape index (κ2) is 6.87. The molecule has 106 valence electrons. The van der Waals surface area contributed by atoms with Crippen LogP contribution in [0.3, 0.4) is 0 Å². The maximum atomic E-state index is 13.3. The van der Waals surface area contributed by atoms with E-state index in [9.17, 15) is 4.39 Å². The van der Waals surface area contributed by atoms with Gasteiger partial charge in [-0.2, -0.15) is 0 Å². The van der Waals surface area contributed by atoms with Crippen LogP contribution < -0.4 is 5.32 Å². The van der Waals surface area contributed by atoms with Crippen LogP contribution in [0.2, 0.25) is 5.02 Å². The molecule has 2 aromatic carbocycles. The zero-order chi connectivity index (χ0) is 14.5. The highest BCUT2D eigenvalue weighted by molar-refractivity contribution is 6.30.